The van der Waals surface area contributed by atoms with Gasteiger partial charge in [-0.1, -0.05) is 0 Å². The van der Waals surface area contributed by atoms with Crippen LogP contribution < -0.4 is 4.83 Å². The molecule has 1 N–H and O–H groups in total. The van der Waals surface area contributed by atoms with Crippen LogP contribution in [0.2, 0.25) is 0 Å². The van der Waals surface area contributed by atoms with Crippen molar-refractivity contribution >= 4 is 10.0 Å². The van der Waals surface area contributed by atoms with E-state index >= 15 is 0 Å². The van der Waals surface area contributed by atoms with Gasteiger partial charge in [0.05, 0.1) is 6.26 Å². The van der Waals surface area contributed by atoms with E-state index in [1.807, 2.05) is 0 Å². The van der Waals surface area contributed by atoms with Gasteiger partial charge in [0, 0.05) is 0 Å². The quantitative estimate of drug-likeness (QED) is 0.591. The fraction of sp³-hybridized carbons (Fsp3) is 0.333. The molecule has 0 bridgehead atoms. The van der Waals surface area contributed by atoms with Crippen LogP contribution in [0.15, 0.2) is 12.7 Å². The van der Waals surface area contributed by atoms with Crippen LogP contribution in [0, 0.1) is 0 Å². The van der Waals surface area contributed by atoms with Crippen LogP contribution in [-0.2, 0) is 10.0 Å². The molecule has 6 nitrogen and oxygen atoms in total. The maximum Gasteiger partial charge on any atom is 0.244 e. The Hall–Kier alpha value is -1.11. The van der Waals surface area contributed by atoms with Gasteiger partial charge < -0.3 is 0 Å². The van der Waals surface area contributed by atoms with E-state index in [4.69, 9.17) is 0 Å². The predicted octanol–water partition coefficient (Wildman–Crippen LogP) is -1.22. The zero-order chi connectivity index (χ0) is 7.61. The van der Waals surface area contributed by atoms with Crippen LogP contribution in [0.25, 0.3) is 0 Å². The van der Waals surface area contributed by atoms with E-state index in [2.05, 4.69) is 14.9 Å². The number of hydrogen-bond acceptors (Lipinski definition) is 4. The molecular weight excluding hydrogens is 156 g/mol. The summed E-state index contributed by atoms with van der Waals surface area (Å²) in [6.07, 6.45) is 3.52. The van der Waals surface area contributed by atoms with Crippen molar-refractivity contribution < 1.29 is 8.42 Å². The lowest BCUT2D eigenvalue weighted by Gasteiger charge is -1.99. The van der Waals surface area contributed by atoms with Gasteiger partial charge in [-0.05, 0) is 0 Å². The molecule has 0 unspecified atom stereocenters. The van der Waals surface area contributed by atoms with Crippen LogP contribution in [0.5, 0.6) is 0 Å². The van der Waals surface area contributed by atoms with Gasteiger partial charge in [-0.2, -0.15) is 4.79 Å². The summed E-state index contributed by atoms with van der Waals surface area (Å²) in [5, 5.41) is 3.52. The SMILES string of the molecule is CS(=O)(=O)Nn1cncn1. The molecule has 0 saturated carbocycles. The van der Waals surface area contributed by atoms with Gasteiger partial charge in [0.1, 0.15) is 12.7 Å². The van der Waals surface area contributed by atoms with E-state index < -0.39 is 10.0 Å². The third-order valence-electron chi connectivity index (χ3n) is 0.678. The first-order valence-electron chi connectivity index (χ1n) is 2.40. The molecule has 7 heteroatoms. The summed E-state index contributed by atoms with van der Waals surface area (Å²) >= 11 is 0. The summed E-state index contributed by atoms with van der Waals surface area (Å²) in [6, 6.07) is 0. The molecule has 0 spiro atoms. The summed E-state index contributed by atoms with van der Waals surface area (Å²) < 4.78 is 21.0. The van der Waals surface area contributed by atoms with Crippen molar-refractivity contribution in [1.82, 2.24) is 14.9 Å². The Balaban J connectivity index is 2.75. The molecule has 0 fully saturated rings. The standard InChI is InChI=1S/C3H6N4O2S/c1-10(8,9)6-7-3-4-2-5-7/h2-3,6H,1H3. The van der Waals surface area contributed by atoms with Gasteiger partial charge in [0.25, 0.3) is 0 Å². The smallest absolute Gasteiger partial charge is 0.221 e. The van der Waals surface area contributed by atoms with Crippen molar-refractivity contribution in [3.05, 3.63) is 12.7 Å². The molecule has 0 aliphatic carbocycles. The first-order chi connectivity index (χ1) is 4.58. The van der Waals surface area contributed by atoms with Crippen molar-refractivity contribution in [1.29, 1.82) is 0 Å². The highest BCUT2D eigenvalue weighted by atomic mass is 32.2. The maximum atomic E-state index is 10.5. The Morgan fingerprint density at radius 2 is 2.30 bits per heavy atom. The molecule has 1 rings (SSSR count). The van der Waals surface area contributed by atoms with Crippen LogP contribution in [-0.4, -0.2) is 29.5 Å². The topological polar surface area (TPSA) is 76.9 Å². The number of rotatable bonds is 2. The van der Waals surface area contributed by atoms with E-state index in [1.165, 1.54) is 12.7 Å². The molecule has 10 heavy (non-hydrogen) atoms. The van der Waals surface area contributed by atoms with E-state index in [-0.39, 0.29) is 0 Å². The minimum Gasteiger partial charge on any atom is -0.221 e. The van der Waals surface area contributed by atoms with E-state index in [1.54, 1.807) is 0 Å². The molecule has 1 heterocycles. The van der Waals surface area contributed by atoms with Crippen molar-refractivity contribution in [2.24, 2.45) is 0 Å². The molecule has 0 saturated heterocycles. The van der Waals surface area contributed by atoms with E-state index in [0.717, 1.165) is 11.0 Å². The van der Waals surface area contributed by atoms with Crippen LogP contribution >= 0.6 is 0 Å². The van der Waals surface area contributed by atoms with Gasteiger partial charge in [-0.3, -0.25) is 0 Å². The lowest BCUT2D eigenvalue weighted by atomic mass is 11.3. The summed E-state index contributed by atoms with van der Waals surface area (Å²) in [7, 11) is -3.24. The highest BCUT2D eigenvalue weighted by Crippen LogP contribution is 1.78. The van der Waals surface area contributed by atoms with E-state index in [9.17, 15) is 8.42 Å². The fourth-order valence-corrected chi connectivity index (χ4v) is 0.859. The van der Waals surface area contributed by atoms with Crippen LogP contribution in [0.1, 0.15) is 0 Å². The monoisotopic (exact) mass is 162 g/mol. The maximum absolute atomic E-state index is 10.5. The Morgan fingerprint density at radius 1 is 1.60 bits per heavy atom. The first kappa shape index (κ1) is 7.00. The minimum atomic E-state index is -3.24. The Kier molecular flexibility index (Phi) is 1.58. The highest BCUT2D eigenvalue weighted by Gasteiger charge is 1.98. The molecule has 1 aromatic rings. The van der Waals surface area contributed by atoms with Gasteiger partial charge in [-0.15, -0.1) is 5.10 Å². The molecule has 1 aromatic heterocycles. The van der Waals surface area contributed by atoms with Crippen molar-refractivity contribution in [3.63, 3.8) is 0 Å². The summed E-state index contributed by atoms with van der Waals surface area (Å²) in [6.45, 7) is 0. The first-order valence-corrected chi connectivity index (χ1v) is 4.29. The Morgan fingerprint density at radius 3 is 2.70 bits per heavy atom. The largest absolute Gasteiger partial charge is 0.244 e. The Labute approximate surface area is 57.9 Å². The van der Waals surface area contributed by atoms with Crippen molar-refractivity contribution in [2.45, 2.75) is 0 Å². The second-order valence-corrected chi connectivity index (χ2v) is 3.43. The molecule has 0 aliphatic rings. The summed E-state index contributed by atoms with van der Waals surface area (Å²) in [5.41, 5.74) is 0. The third kappa shape index (κ3) is 2.02. The predicted molar refractivity (Wildman–Crippen MR) is 34.2 cm³/mol. The zero-order valence-electron chi connectivity index (χ0n) is 5.22. The number of nitrogens with zero attached hydrogens (tertiary/aromatic N) is 3. The number of nitrogens with one attached hydrogen (secondary N) is 1. The molecule has 0 amide bonds. The molecule has 0 radical (unpaired) electrons. The average molecular weight is 162 g/mol. The van der Waals surface area contributed by atoms with Gasteiger partial charge >= 0.3 is 0 Å². The lowest BCUT2D eigenvalue weighted by Crippen LogP contribution is -2.21. The summed E-state index contributed by atoms with van der Waals surface area (Å²) in [5.74, 6) is 0. The molecular formula is C3H6N4O2S. The minimum absolute atomic E-state index is 1.01. The normalized spacial score (nSPS) is 11.3. The third-order valence-corrected chi connectivity index (χ3v) is 1.20. The summed E-state index contributed by atoms with van der Waals surface area (Å²) in [4.78, 5) is 6.62. The highest BCUT2D eigenvalue weighted by molar-refractivity contribution is 7.91. The average Bonchev–Trinajstić information content (AvgIpc) is 2.12. The lowest BCUT2D eigenvalue weighted by molar-refractivity contribution is 0.597. The molecule has 56 valence electrons. The number of hydrogen-bond donors (Lipinski definition) is 1. The second kappa shape index (κ2) is 2.25. The van der Waals surface area contributed by atoms with Crippen molar-refractivity contribution in [2.75, 3.05) is 11.1 Å². The van der Waals surface area contributed by atoms with Crippen molar-refractivity contribution in [3.8, 4) is 0 Å². The Bertz CT molecular complexity index is 288. The molecule has 0 atom stereocenters. The van der Waals surface area contributed by atoms with Crippen LogP contribution in [0.4, 0.5) is 0 Å². The molecule has 0 aromatic carbocycles. The fourth-order valence-electron chi connectivity index (χ4n) is 0.425. The van der Waals surface area contributed by atoms with Gasteiger partial charge in [0.15, 0.2) is 0 Å². The number of sulfonamides is 1. The van der Waals surface area contributed by atoms with Gasteiger partial charge in [-0.25, -0.2) is 18.2 Å². The van der Waals surface area contributed by atoms with Crippen LogP contribution in [0.3, 0.4) is 0 Å². The zero-order valence-corrected chi connectivity index (χ0v) is 6.04. The molecule has 0 aliphatic heterocycles. The van der Waals surface area contributed by atoms with Gasteiger partial charge in [0.2, 0.25) is 10.0 Å². The van der Waals surface area contributed by atoms with E-state index in [0.29, 0.717) is 0 Å². The number of aromatic nitrogens is 3. The second-order valence-electron chi connectivity index (χ2n) is 1.70.